The molecule has 0 spiro atoms. The third kappa shape index (κ3) is 5.09. The lowest BCUT2D eigenvalue weighted by molar-refractivity contribution is 0.353. The van der Waals surface area contributed by atoms with Crippen LogP contribution in [0.5, 0.6) is 23.0 Å². The summed E-state index contributed by atoms with van der Waals surface area (Å²) in [4.78, 5) is 2.27. The summed E-state index contributed by atoms with van der Waals surface area (Å²) < 4.78 is 34.6. The molecular weight excluding hydrogens is 414 g/mol. The van der Waals surface area contributed by atoms with Gasteiger partial charge in [-0.1, -0.05) is 0 Å². The lowest BCUT2D eigenvalue weighted by Gasteiger charge is -2.29. The van der Waals surface area contributed by atoms with Crippen LogP contribution in [0.4, 0.5) is 5.69 Å². The van der Waals surface area contributed by atoms with Crippen molar-refractivity contribution in [2.24, 2.45) is 0 Å². The number of nitrogens with zero attached hydrogens (tertiary/aromatic N) is 1. The Labute approximate surface area is 187 Å². The van der Waals surface area contributed by atoms with Gasteiger partial charge in [-0.3, -0.25) is 4.21 Å². The van der Waals surface area contributed by atoms with E-state index in [0.29, 0.717) is 23.0 Å². The molecule has 2 aromatic rings. The second-order valence-electron chi connectivity index (χ2n) is 7.91. The Morgan fingerprint density at radius 3 is 2.03 bits per heavy atom. The summed E-state index contributed by atoms with van der Waals surface area (Å²) >= 11 is 0. The number of aryl methyl sites for hydroxylation is 1. The van der Waals surface area contributed by atoms with E-state index in [2.05, 4.69) is 30.1 Å². The van der Waals surface area contributed by atoms with E-state index in [4.69, 9.17) is 18.9 Å². The van der Waals surface area contributed by atoms with Crippen molar-refractivity contribution in [3.8, 4) is 23.0 Å². The van der Waals surface area contributed by atoms with Crippen molar-refractivity contribution in [1.82, 2.24) is 0 Å². The Bertz CT molecular complexity index is 946. The number of benzene rings is 2. The van der Waals surface area contributed by atoms with E-state index >= 15 is 0 Å². The maximum atomic E-state index is 12.4. The molecule has 0 radical (unpaired) electrons. The smallest absolute Gasteiger partial charge is 0.162 e. The van der Waals surface area contributed by atoms with Crippen LogP contribution in [0.1, 0.15) is 29.0 Å². The van der Waals surface area contributed by atoms with E-state index in [9.17, 15) is 4.21 Å². The third-order valence-corrected chi connectivity index (χ3v) is 6.79. The van der Waals surface area contributed by atoms with Gasteiger partial charge in [-0.15, -0.1) is 0 Å². The van der Waals surface area contributed by atoms with Crippen molar-refractivity contribution in [1.29, 1.82) is 0 Å². The second kappa shape index (κ2) is 10.3. The first-order valence-electron chi connectivity index (χ1n) is 10.4. The van der Waals surface area contributed by atoms with Crippen LogP contribution in [0.25, 0.3) is 0 Å². The van der Waals surface area contributed by atoms with Crippen LogP contribution in [-0.2, 0) is 23.6 Å². The van der Waals surface area contributed by atoms with Crippen molar-refractivity contribution in [3.63, 3.8) is 0 Å². The van der Waals surface area contributed by atoms with E-state index in [1.54, 1.807) is 34.7 Å². The lowest BCUT2D eigenvalue weighted by atomic mass is 9.86. The molecule has 7 heteroatoms. The average molecular weight is 448 g/mol. The zero-order chi connectivity index (χ0) is 22.5. The first-order valence-corrected chi connectivity index (χ1v) is 12.1. The van der Waals surface area contributed by atoms with E-state index in [0.717, 1.165) is 42.8 Å². The Hall–Kier alpha value is -2.41. The van der Waals surface area contributed by atoms with Crippen LogP contribution in [0.15, 0.2) is 24.3 Å². The summed E-state index contributed by atoms with van der Waals surface area (Å²) in [7, 11) is 7.78. The molecule has 0 amide bonds. The van der Waals surface area contributed by atoms with Crippen LogP contribution < -0.4 is 23.8 Å². The fourth-order valence-corrected chi connectivity index (χ4v) is 5.26. The Morgan fingerprint density at radius 1 is 0.903 bits per heavy atom. The summed E-state index contributed by atoms with van der Waals surface area (Å²) in [6.45, 7) is 0.903. The number of methoxy groups -OCH3 is 4. The fraction of sp³-hybridized carbons (Fsp3) is 0.500. The molecule has 0 aromatic heterocycles. The molecule has 31 heavy (non-hydrogen) atoms. The second-order valence-corrected chi connectivity index (χ2v) is 9.39. The molecule has 0 bridgehead atoms. The number of hydrogen-bond acceptors (Lipinski definition) is 6. The molecule has 0 saturated heterocycles. The molecule has 1 heterocycles. The Kier molecular flexibility index (Phi) is 7.70. The van der Waals surface area contributed by atoms with Gasteiger partial charge >= 0.3 is 0 Å². The van der Waals surface area contributed by atoms with E-state index in [1.807, 2.05) is 6.07 Å². The molecule has 0 aliphatic carbocycles. The Morgan fingerprint density at radius 2 is 1.45 bits per heavy atom. The highest BCUT2D eigenvalue weighted by Gasteiger charge is 2.25. The summed E-state index contributed by atoms with van der Waals surface area (Å²) in [6, 6.07) is 8.25. The number of rotatable bonds is 6. The number of fused-ring (bicyclic) bond motifs is 2. The van der Waals surface area contributed by atoms with Crippen molar-refractivity contribution in [2.45, 2.75) is 25.2 Å². The van der Waals surface area contributed by atoms with Gasteiger partial charge in [-0.05, 0) is 60.1 Å². The van der Waals surface area contributed by atoms with Crippen LogP contribution in [0, 0.1) is 0 Å². The predicted octanol–water partition coefficient (Wildman–Crippen LogP) is 3.81. The van der Waals surface area contributed by atoms with Gasteiger partial charge < -0.3 is 23.8 Å². The molecule has 0 saturated carbocycles. The Balaban J connectivity index is 2.18. The highest BCUT2D eigenvalue weighted by molar-refractivity contribution is 7.84. The van der Waals surface area contributed by atoms with Gasteiger partial charge in [0, 0.05) is 48.2 Å². The summed E-state index contributed by atoms with van der Waals surface area (Å²) in [5.41, 5.74) is 4.68. The lowest BCUT2D eigenvalue weighted by Crippen LogP contribution is -2.24. The molecule has 2 atom stereocenters. The minimum Gasteiger partial charge on any atom is -0.493 e. The van der Waals surface area contributed by atoms with Crippen molar-refractivity contribution in [2.75, 3.05) is 58.9 Å². The quantitative estimate of drug-likeness (QED) is 0.671. The summed E-state index contributed by atoms with van der Waals surface area (Å²) in [5.74, 6) is 3.50. The number of hydrogen-bond donors (Lipinski definition) is 0. The average Bonchev–Trinajstić information content (AvgIpc) is 2.76. The molecule has 0 unspecified atom stereocenters. The SMILES string of the molecule is COc1cc2c(cc1OC)[C@H](C[S@](C)=O)Cc1cc(OC)c(OC)cc1N(C)CCC2. The topological polar surface area (TPSA) is 57.2 Å². The molecule has 1 aliphatic rings. The normalized spacial score (nSPS) is 17.2. The summed E-state index contributed by atoms with van der Waals surface area (Å²) in [6.07, 6.45) is 4.40. The van der Waals surface area contributed by atoms with Gasteiger partial charge in [0.25, 0.3) is 0 Å². The zero-order valence-electron chi connectivity index (χ0n) is 19.3. The van der Waals surface area contributed by atoms with Gasteiger partial charge in [0.2, 0.25) is 0 Å². The zero-order valence-corrected chi connectivity index (χ0v) is 20.1. The minimum atomic E-state index is -0.950. The third-order valence-electron chi connectivity index (χ3n) is 5.92. The minimum absolute atomic E-state index is 0.0731. The van der Waals surface area contributed by atoms with Gasteiger partial charge in [-0.25, -0.2) is 0 Å². The standard InChI is InChI=1S/C24H33NO5S/c1-25-9-7-8-16-11-21(27-2)23(29-4)13-19(16)18(15-31(6)26)10-17-12-22(28-3)24(30-5)14-20(17)25/h11-14,18H,7-10,15H2,1-6H3/t18-,31-/m0/s1. The summed E-state index contributed by atoms with van der Waals surface area (Å²) in [5, 5.41) is 0. The van der Waals surface area contributed by atoms with Crippen molar-refractivity contribution >= 4 is 16.5 Å². The molecule has 1 aliphatic heterocycles. The van der Waals surface area contributed by atoms with Gasteiger partial charge in [-0.2, -0.15) is 0 Å². The molecule has 6 nitrogen and oxygen atoms in total. The van der Waals surface area contributed by atoms with E-state index in [-0.39, 0.29) is 5.92 Å². The molecular formula is C24H33NO5S. The molecule has 0 fully saturated rings. The number of anilines is 1. The van der Waals surface area contributed by atoms with Crippen LogP contribution in [-0.4, -0.2) is 58.2 Å². The van der Waals surface area contributed by atoms with Gasteiger partial charge in [0.1, 0.15) is 0 Å². The largest absolute Gasteiger partial charge is 0.493 e. The van der Waals surface area contributed by atoms with Crippen LogP contribution >= 0.6 is 0 Å². The molecule has 3 rings (SSSR count). The van der Waals surface area contributed by atoms with E-state index < -0.39 is 10.8 Å². The van der Waals surface area contributed by atoms with Crippen molar-refractivity contribution in [3.05, 3.63) is 41.0 Å². The molecule has 170 valence electrons. The highest BCUT2D eigenvalue weighted by Crippen LogP contribution is 2.41. The molecule has 0 N–H and O–H groups in total. The maximum absolute atomic E-state index is 12.4. The maximum Gasteiger partial charge on any atom is 0.162 e. The van der Waals surface area contributed by atoms with Gasteiger partial charge in [0.15, 0.2) is 23.0 Å². The number of ether oxygens (including phenoxy) is 4. The predicted molar refractivity (Wildman–Crippen MR) is 126 cm³/mol. The monoisotopic (exact) mass is 447 g/mol. The van der Waals surface area contributed by atoms with Crippen LogP contribution in [0.3, 0.4) is 0 Å². The van der Waals surface area contributed by atoms with Crippen LogP contribution in [0.2, 0.25) is 0 Å². The molecule has 2 aromatic carbocycles. The van der Waals surface area contributed by atoms with Gasteiger partial charge in [0.05, 0.1) is 28.4 Å². The highest BCUT2D eigenvalue weighted by atomic mass is 32.2. The first kappa shape index (κ1) is 23.3. The van der Waals surface area contributed by atoms with E-state index in [1.165, 1.54) is 11.1 Å². The first-order chi connectivity index (χ1) is 14.9. The van der Waals surface area contributed by atoms with Crippen molar-refractivity contribution < 1.29 is 23.2 Å². The fourth-order valence-electron chi connectivity index (χ4n) is 4.40.